The zero-order valence-corrected chi connectivity index (χ0v) is 12.2. The van der Waals surface area contributed by atoms with E-state index in [-0.39, 0.29) is 12.1 Å². The Morgan fingerprint density at radius 3 is 2.39 bits per heavy atom. The Balaban J connectivity index is 2.60. The first kappa shape index (κ1) is 15.3. The number of rotatable bonds is 7. The van der Waals surface area contributed by atoms with Gasteiger partial charge in [0.15, 0.2) is 0 Å². The van der Waals surface area contributed by atoms with E-state index in [9.17, 15) is 9.32 Å². The molecule has 0 saturated heterocycles. The average molecular weight is 269 g/mol. The van der Waals surface area contributed by atoms with Crippen LogP contribution in [0.2, 0.25) is 0 Å². The number of benzene rings is 1. The fourth-order valence-corrected chi connectivity index (χ4v) is 2.41. The lowest BCUT2D eigenvalue weighted by Crippen LogP contribution is -2.45. The van der Waals surface area contributed by atoms with Gasteiger partial charge in [-0.3, -0.25) is 4.21 Å². The summed E-state index contributed by atoms with van der Waals surface area (Å²) < 4.78 is 11.3. The van der Waals surface area contributed by atoms with E-state index in [1.165, 1.54) is 0 Å². The van der Waals surface area contributed by atoms with Crippen LogP contribution in [-0.4, -0.2) is 27.7 Å². The molecule has 2 unspecified atom stereocenters. The number of aliphatic hydroxyl groups excluding tert-OH is 1. The van der Waals surface area contributed by atoms with Crippen molar-refractivity contribution in [2.24, 2.45) is 0 Å². The predicted molar refractivity (Wildman–Crippen MR) is 76.0 cm³/mol. The maximum Gasteiger partial charge on any atom is 0.0610 e. The molecule has 0 aliphatic rings. The summed E-state index contributed by atoms with van der Waals surface area (Å²) in [5.41, 5.74) is 0.918. The molecule has 0 aliphatic carbocycles. The second-order valence-corrected chi connectivity index (χ2v) is 6.30. The highest BCUT2D eigenvalue weighted by Crippen LogP contribution is 2.13. The van der Waals surface area contributed by atoms with Gasteiger partial charge < -0.3 is 10.4 Å². The van der Waals surface area contributed by atoms with Gasteiger partial charge in [0.2, 0.25) is 0 Å². The van der Waals surface area contributed by atoms with E-state index < -0.39 is 10.8 Å². The summed E-state index contributed by atoms with van der Waals surface area (Å²) >= 11 is 0. The van der Waals surface area contributed by atoms with Crippen LogP contribution in [0, 0.1) is 0 Å². The summed E-state index contributed by atoms with van der Waals surface area (Å²) in [4.78, 5) is 0.845. The van der Waals surface area contributed by atoms with Gasteiger partial charge in [-0.15, -0.1) is 0 Å². The van der Waals surface area contributed by atoms with Gasteiger partial charge in [0.05, 0.1) is 6.61 Å². The van der Waals surface area contributed by atoms with Gasteiger partial charge in [-0.1, -0.05) is 25.5 Å². The molecule has 4 heteroatoms. The van der Waals surface area contributed by atoms with Crippen LogP contribution in [0.5, 0.6) is 0 Å². The topological polar surface area (TPSA) is 49.3 Å². The maximum atomic E-state index is 11.3. The van der Waals surface area contributed by atoms with Crippen molar-refractivity contribution >= 4 is 10.8 Å². The van der Waals surface area contributed by atoms with Crippen molar-refractivity contribution in [3.8, 4) is 0 Å². The lowest BCUT2D eigenvalue weighted by molar-refractivity contribution is 0.163. The van der Waals surface area contributed by atoms with Crippen molar-refractivity contribution < 1.29 is 9.32 Å². The van der Waals surface area contributed by atoms with E-state index in [0.717, 1.165) is 23.3 Å². The molecule has 0 heterocycles. The zero-order chi connectivity index (χ0) is 13.6. The van der Waals surface area contributed by atoms with Crippen molar-refractivity contribution in [1.29, 1.82) is 0 Å². The van der Waals surface area contributed by atoms with E-state index in [2.05, 4.69) is 12.2 Å². The van der Waals surface area contributed by atoms with E-state index >= 15 is 0 Å². The minimum absolute atomic E-state index is 0.137. The maximum absolute atomic E-state index is 11.3. The van der Waals surface area contributed by atoms with Gasteiger partial charge in [-0.25, -0.2) is 0 Å². The molecule has 18 heavy (non-hydrogen) atoms. The molecule has 3 nitrogen and oxygen atoms in total. The van der Waals surface area contributed by atoms with Crippen LogP contribution < -0.4 is 5.32 Å². The van der Waals surface area contributed by atoms with Gasteiger partial charge in [0.1, 0.15) is 0 Å². The second kappa shape index (κ2) is 7.02. The van der Waals surface area contributed by atoms with Gasteiger partial charge in [-0.2, -0.15) is 0 Å². The highest BCUT2D eigenvalue weighted by atomic mass is 32.2. The minimum Gasteiger partial charge on any atom is -0.394 e. The molecular formula is C14H23NO2S. The summed E-state index contributed by atoms with van der Waals surface area (Å²) in [6, 6.07) is 7.74. The summed E-state index contributed by atoms with van der Waals surface area (Å²) in [6.07, 6.45) is 3.66. The molecule has 0 radical (unpaired) electrons. The summed E-state index contributed by atoms with van der Waals surface area (Å²) in [5, 5.41) is 12.8. The Bertz CT molecular complexity index is 391. The summed E-state index contributed by atoms with van der Waals surface area (Å²) in [5.74, 6) is 0. The van der Waals surface area contributed by atoms with Gasteiger partial charge in [-0.05, 0) is 31.0 Å². The fourth-order valence-electron chi connectivity index (χ4n) is 1.89. The third-order valence-electron chi connectivity index (χ3n) is 3.13. The van der Waals surface area contributed by atoms with E-state index in [1.807, 2.05) is 31.2 Å². The number of nitrogens with one attached hydrogen (secondary N) is 1. The van der Waals surface area contributed by atoms with Crippen LogP contribution in [0.3, 0.4) is 0 Å². The van der Waals surface area contributed by atoms with Crippen LogP contribution >= 0.6 is 0 Å². The lowest BCUT2D eigenvalue weighted by Gasteiger charge is -2.28. The van der Waals surface area contributed by atoms with Crippen molar-refractivity contribution in [3.63, 3.8) is 0 Å². The van der Waals surface area contributed by atoms with Crippen LogP contribution in [0.4, 0.5) is 0 Å². The van der Waals surface area contributed by atoms with Crippen LogP contribution in [0.25, 0.3) is 0 Å². The molecular weight excluding hydrogens is 246 g/mol. The number of aliphatic hydroxyl groups is 1. The van der Waals surface area contributed by atoms with Crippen LogP contribution in [0.15, 0.2) is 29.2 Å². The van der Waals surface area contributed by atoms with Crippen LogP contribution in [-0.2, 0) is 17.3 Å². The third kappa shape index (κ3) is 4.52. The number of hydrogen-bond donors (Lipinski definition) is 2. The normalized spacial score (nSPS) is 16.2. The van der Waals surface area contributed by atoms with Crippen molar-refractivity contribution in [2.75, 3.05) is 12.9 Å². The predicted octanol–water partition coefficient (Wildman–Crippen LogP) is 2.06. The second-order valence-electron chi connectivity index (χ2n) is 4.92. The highest BCUT2D eigenvalue weighted by Gasteiger charge is 2.20. The average Bonchev–Trinajstić information content (AvgIpc) is 2.37. The molecule has 102 valence electrons. The standard InChI is InChI=1S/C14H23NO2S/c1-4-9-14(2,11-16)15-10-12-5-7-13(8-6-12)18(3)17/h5-8,15-16H,4,9-11H2,1-3H3. The Kier molecular flexibility index (Phi) is 5.99. The first-order valence-corrected chi connectivity index (χ1v) is 7.85. The smallest absolute Gasteiger partial charge is 0.0610 e. The largest absolute Gasteiger partial charge is 0.394 e. The third-order valence-corrected chi connectivity index (χ3v) is 4.06. The zero-order valence-electron chi connectivity index (χ0n) is 11.4. The monoisotopic (exact) mass is 269 g/mol. The highest BCUT2D eigenvalue weighted by molar-refractivity contribution is 7.84. The molecule has 1 rings (SSSR count). The van der Waals surface area contributed by atoms with Crippen molar-refractivity contribution in [2.45, 2.75) is 43.7 Å². The Morgan fingerprint density at radius 1 is 1.33 bits per heavy atom. The van der Waals surface area contributed by atoms with E-state index in [4.69, 9.17) is 0 Å². The molecule has 0 aliphatic heterocycles. The first-order chi connectivity index (χ1) is 8.50. The van der Waals surface area contributed by atoms with Gasteiger partial charge >= 0.3 is 0 Å². The molecule has 0 amide bonds. The molecule has 0 fully saturated rings. The fraction of sp³-hybridized carbons (Fsp3) is 0.571. The first-order valence-electron chi connectivity index (χ1n) is 6.29. The summed E-state index contributed by atoms with van der Waals surface area (Å²) in [7, 11) is -0.923. The van der Waals surface area contributed by atoms with Gasteiger partial charge in [0.25, 0.3) is 0 Å². The molecule has 0 spiro atoms. The number of hydrogen-bond acceptors (Lipinski definition) is 3. The van der Waals surface area contributed by atoms with Crippen molar-refractivity contribution in [3.05, 3.63) is 29.8 Å². The Morgan fingerprint density at radius 2 is 1.94 bits per heavy atom. The quantitative estimate of drug-likeness (QED) is 0.796. The lowest BCUT2D eigenvalue weighted by atomic mass is 9.97. The minimum atomic E-state index is -0.923. The van der Waals surface area contributed by atoms with Crippen LogP contribution in [0.1, 0.15) is 32.3 Å². The molecule has 0 bridgehead atoms. The SMILES string of the molecule is CCCC(C)(CO)NCc1ccc(S(C)=O)cc1. The Labute approximate surface area is 112 Å². The van der Waals surface area contributed by atoms with Crippen molar-refractivity contribution in [1.82, 2.24) is 5.32 Å². The Hall–Kier alpha value is -0.710. The molecule has 1 aromatic rings. The molecule has 2 atom stereocenters. The van der Waals surface area contributed by atoms with Gasteiger partial charge in [0, 0.05) is 34.0 Å². The molecule has 1 aromatic carbocycles. The molecule has 2 N–H and O–H groups in total. The van der Waals surface area contributed by atoms with E-state index in [0.29, 0.717) is 6.54 Å². The van der Waals surface area contributed by atoms with E-state index in [1.54, 1.807) is 6.26 Å². The summed E-state index contributed by atoms with van der Waals surface area (Å²) in [6.45, 7) is 5.00. The molecule has 0 saturated carbocycles. The molecule has 0 aromatic heterocycles.